The molecule has 26 heavy (non-hydrogen) atoms. The second-order valence-corrected chi connectivity index (χ2v) is 8.68. The lowest BCUT2D eigenvalue weighted by atomic mass is 10.1. The summed E-state index contributed by atoms with van der Waals surface area (Å²) in [5.41, 5.74) is 2.44. The molecule has 1 aliphatic rings. The number of nitrogens with zero attached hydrogens (tertiary/aromatic N) is 4. The highest BCUT2D eigenvalue weighted by Gasteiger charge is 2.39. The van der Waals surface area contributed by atoms with Crippen LogP contribution in [-0.4, -0.2) is 40.8 Å². The van der Waals surface area contributed by atoms with Crippen molar-refractivity contribution < 1.29 is 8.42 Å². The van der Waals surface area contributed by atoms with Crippen molar-refractivity contribution in [2.45, 2.75) is 17.9 Å². The number of sulfonamides is 1. The third-order valence-electron chi connectivity index (χ3n) is 4.55. The van der Waals surface area contributed by atoms with Crippen molar-refractivity contribution in [2.24, 2.45) is 0 Å². The summed E-state index contributed by atoms with van der Waals surface area (Å²) in [7, 11) is -3.55. The molecule has 3 aromatic rings. The normalized spacial score (nSPS) is 15.8. The first-order valence-corrected chi connectivity index (χ1v) is 10.0. The van der Waals surface area contributed by atoms with E-state index in [0.29, 0.717) is 23.7 Å². The van der Waals surface area contributed by atoms with Gasteiger partial charge in [0.25, 0.3) is 0 Å². The second-order valence-electron chi connectivity index (χ2n) is 6.34. The average molecular weight is 389 g/mol. The van der Waals surface area contributed by atoms with Gasteiger partial charge in [-0.1, -0.05) is 53.2 Å². The van der Waals surface area contributed by atoms with Gasteiger partial charge in [0.1, 0.15) is 5.69 Å². The highest BCUT2D eigenvalue weighted by molar-refractivity contribution is 7.89. The van der Waals surface area contributed by atoms with E-state index in [1.807, 2.05) is 36.5 Å². The van der Waals surface area contributed by atoms with Gasteiger partial charge in [0, 0.05) is 23.7 Å². The van der Waals surface area contributed by atoms with Crippen molar-refractivity contribution in [1.82, 2.24) is 19.3 Å². The standard InChI is InChI=1S/C18H17ClN4O2S/c1-13-7-8-15(19)9-18(13)26(24,25)22-10-16(11-22)23-12-17(20-21-23)14-5-3-2-4-6-14/h2-9,12,16H,10-11H2,1H3. The smallest absolute Gasteiger partial charge is 0.243 e. The Morgan fingerprint density at radius 2 is 1.85 bits per heavy atom. The van der Waals surface area contributed by atoms with Crippen molar-refractivity contribution >= 4 is 21.6 Å². The fourth-order valence-electron chi connectivity index (χ4n) is 2.97. The zero-order chi connectivity index (χ0) is 18.3. The summed E-state index contributed by atoms with van der Waals surface area (Å²) in [6.07, 6.45) is 1.86. The topological polar surface area (TPSA) is 68.1 Å². The summed E-state index contributed by atoms with van der Waals surface area (Å²) in [6, 6.07) is 14.7. The minimum atomic E-state index is -3.55. The van der Waals surface area contributed by atoms with Crippen molar-refractivity contribution in [3.63, 3.8) is 0 Å². The van der Waals surface area contributed by atoms with Crippen LogP contribution < -0.4 is 0 Å². The van der Waals surface area contributed by atoms with Crippen LogP contribution in [0.3, 0.4) is 0 Å². The molecule has 4 rings (SSSR count). The highest BCUT2D eigenvalue weighted by Crippen LogP contribution is 2.31. The fourth-order valence-corrected chi connectivity index (χ4v) is 4.97. The van der Waals surface area contributed by atoms with E-state index >= 15 is 0 Å². The Morgan fingerprint density at radius 1 is 1.12 bits per heavy atom. The molecule has 6 nitrogen and oxygen atoms in total. The van der Waals surface area contributed by atoms with Crippen molar-refractivity contribution in [2.75, 3.05) is 13.1 Å². The SMILES string of the molecule is Cc1ccc(Cl)cc1S(=O)(=O)N1CC(n2cc(-c3ccccc3)nn2)C1. The average Bonchev–Trinajstić information content (AvgIpc) is 3.06. The van der Waals surface area contributed by atoms with Crippen LogP contribution in [0.15, 0.2) is 59.6 Å². The van der Waals surface area contributed by atoms with E-state index < -0.39 is 10.0 Å². The third kappa shape index (κ3) is 3.02. The molecule has 2 heterocycles. The lowest BCUT2D eigenvalue weighted by molar-refractivity contribution is 0.189. The second kappa shape index (κ2) is 6.50. The Labute approximate surface area is 157 Å². The molecule has 0 amide bonds. The van der Waals surface area contributed by atoms with E-state index in [9.17, 15) is 8.42 Å². The summed E-state index contributed by atoms with van der Waals surface area (Å²) >= 11 is 5.97. The third-order valence-corrected chi connectivity index (χ3v) is 6.76. The first-order valence-electron chi connectivity index (χ1n) is 8.19. The molecule has 1 fully saturated rings. The predicted octanol–water partition coefficient (Wildman–Crippen LogP) is 3.15. The highest BCUT2D eigenvalue weighted by atomic mass is 35.5. The Balaban J connectivity index is 1.50. The number of aryl methyl sites for hydroxylation is 1. The summed E-state index contributed by atoms with van der Waals surface area (Å²) in [5.74, 6) is 0. The first kappa shape index (κ1) is 17.2. The molecule has 0 aliphatic carbocycles. The van der Waals surface area contributed by atoms with Crippen LogP contribution >= 0.6 is 11.6 Å². The van der Waals surface area contributed by atoms with Gasteiger partial charge >= 0.3 is 0 Å². The molecule has 1 aliphatic heterocycles. The quantitative estimate of drug-likeness (QED) is 0.688. The summed E-state index contributed by atoms with van der Waals surface area (Å²) in [5, 5.41) is 8.76. The van der Waals surface area contributed by atoms with Gasteiger partial charge in [-0.05, 0) is 24.6 Å². The van der Waals surface area contributed by atoms with Gasteiger partial charge in [-0.15, -0.1) is 5.10 Å². The van der Waals surface area contributed by atoms with Gasteiger partial charge in [0.2, 0.25) is 10.0 Å². The molecular formula is C18H17ClN4O2S. The van der Waals surface area contributed by atoms with E-state index in [4.69, 9.17) is 11.6 Å². The molecule has 0 atom stereocenters. The summed E-state index contributed by atoms with van der Waals surface area (Å²) in [4.78, 5) is 0.256. The molecule has 0 spiro atoms. The van der Waals surface area contributed by atoms with Crippen LogP contribution in [0.5, 0.6) is 0 Å². The van der Waals surface area contributed by atoms with Gasteiger partial charge in [0.15, 0.2) is 0 Å². The number of aromatic nitrogens is 3. The van der Waals surface area contributed by atoms with Crippen LogP contribution in [0.25, 0.3) is 11.3 Å². The predicted molar refractivity (Wildman–Crippen MR) is 99.4 cm³/mol. The molecule has 2 aromatic carbocycles. The van der Waals surface area contributed by atoms with E-state index in [-0.39, 0.29) is 10.9 Å². The molecule has 1 aromatic heterocycles. The van der Waals surface area contributed by atoms with Gasteiger partial charge in [-0.25, -0.2) is 13.1 Å². The van der Waals surface area contributed by atoms with Gasteiger partial charge in [-0.2, -0.15) is 4.31 Å². The Morgan fingerprint density at radius 3 is 2.58 bits per heavy atom. The fraction of sp³-hybridized carbons (Fsp3) is 0.222. The number of halogens is 1. The van der Waals surface area contributed by atoms with E-state index in [1.54, 1.807) is 23.7 Å². The number of rotatable bonds is 4. The zero-order valence-electron chi connectivity index (χ0n) is 14.1. The maximum atomic E-state index is 12.8. The van der Waals surface area contributed by atoms with Gasteiger partial charge < -0.3 is 0 Å². The lowest BCUT2D eigenvalue weighted by Crippen LogP contribution is -2.50. The number of hydrogen-bond donors (Lipinski definition) is 0. The van der Waals surface area contributed by atoms with E-state index in [1.165, 1.54) is 10.4 Å². The largest absolute Gasteiger partial charge is 0.246 e. The van der Waals surface area contributed by atoms with Crippen LogP contribution in [0.1, 0.15) is 11.6 Å². The molecular weight excluding hydrogens is 372 g/mol. The van der Waals surface area contributed by atoms with Crippen LogP contribution in [-0.2, 0) is 10.0 Å². The van der Waals surface area contributed by atoms with E-state index in [2.05, 4.69) is 10.3 Å². The Hall–Kier alpha value is -2.22. The minimum Gasteiger partial charge on any atom is -0.246 e. The van der Waals surface area contributed by atoms with E-state index in [0.717, 1.165) is 11.3 Å². The minimum absolute atomic E-state index is 0.0192. The monoisotopic (exact) mass is 388 g/mol. The Kier molecular flexibility index (Phi) is 4.30. The molecule has 0 N–H and O–H groups in total. The number of hydrogen-bond acceptors (Lipinski definition) is 4. The van der Waals surface area contributed by atoms with Crippen molar-refractivity contribution in [3.8, 4) is 11.3 Å². The van der Waals surface area contributed by atoms with Crippen LogP contribution in [0.4, 0.5) is 0 Å². The number of benzene rings is 2. The summed E-state index contributed by atoms with van der Waals surface area (Å²) in [6.45, 7) is 2.50. The first-order chi connectivity index (χ1) is 12.4. The maximum Gasteiger partial charge on any atom is 0.243 e. The van der Waals surface area contributed by atoms with Gasteiger partial charge in [-0.3, -0.25) is 0 Å². The molecule has 134 valence electrons. The molecule has 1 saturated heterocycles. The maximum absolute atomic E-state index is 12.8. The molecule has 8 heteroatoms. The zero-order valence-corrected chi connectivity index (χ0v) is 15.7. The molecule has 0 bridgehead atoms. The Bertz CT molecular complexity index is 1040. The molecule has 0 unspecified atom stereocenters. The van der Waals surface area contributed by atoms with Crippen LogP contribution in [0.2, 0.25) is 5.02 Å². The molecule has 0 saturated carbocycles. The summed E-state index contributed by atoms with van der Waals surface area (Å²) < 4.78 is 28.8. The lowest BCUT2D eigenvalue weighted by Gasteiger charge is -2.37. The van der Waals surface area contributed by atoms with Crippen molar-refractivity contribution in [3.05, 3.63) is 65.3 Å². The van der Waals surface area contributed by atoms with Crippen molar-refractivity contribution in [1.29, 1.82) is 0 Å². The van der Waals surface area contributed by atoms with Gasteiger partial charge in [0.05, 0.1) is 17.1 Å². The molecule has 0 radical (unpaired) electrons. The van der Waals surface area contributed by atoms with Crippen LogP contribution in [0, 0.1) is 6.92 Å².